The van der Waals surface area contributed by atoms with Gasteiger partial charge in [-0.15, -0.1) is 0 Å². The topological polar surface area (TPSA) is 42.4 Å². The first-order chi connectivity index (χ1) is 9.78. The van der Waals surface area contributed by atoms with Crippen LogP contribution in [0.4, 0.5) is 0 Å². The molecule has 4 heteroatoms. The zero-order chi connectivity index (χ0) is 13.9. The van der Waals surface area contributed by atoms with Gasteiger partial charge >= 0.3 is 0 Å². The number of methoxy groups -OCH3 is 1. The maximum absolute atomic E-state index is 12.4. The molecule has 4 nitrogen and oxygen atoms in total. The van der Waals surface area contributed by atoms with Crippen molar-refractivity contribution in [1.29, 1.82) is 0 Å². The van der Waals surface area contributed by atoms with E-state index in [0.717, 1.165) is 42.6 Å². The minimum atomic E-state index is 0.0925. The van der Waals surface area contributed by atoms with Crippen LogP contribution in [0.5, 0.6) is 5.75 Å². The van der Waals surface area contributed by atoms with Gasteiger partial charge in [0.1, 0.15) is 5.75 Å². The summed E-state index contributed by atoms with van der Waals surface area (Å²) in [6, 6.07) is 7.62. The fraction of sp³-hybridized carbons (Fsp3) is 0.375. The fourth-order valence-electron chi connectivity index (χ4n) is 2.62. The Bertz CT molecular complexity index is 633. The number of piperidine rings is 1. The standard InChI is InChI=1S/C16H18N2O2/c1-20-14-6-5-12-9-13(11-17-15(12)10-14)16(19)18-7-3-2-4-8-18/h5-6,9-11H,2-4,7-8H2,1H3. The Kier molecular flexibility index (Phi) is 3.54. The van der Waals surface area contributed by atoms with Crippen molar-refractivity contribution in [3.05, 3.63) is 36.0 Å². The van der Waals surface area contributed by atoms with E-state index in [1.807, 2.05) is 29.2 Å². The minimum absolute atomic E-state index is 0.0925. The van der Waals surface area contributed by atoms with Crippen LogP contribution in [0, 0.1) is 0 Å². The molecular weight excluding hydrogens is 252 g/mol. The van der Waals surface area contributed by atoms with Crippen LogP contribution in [0.25, 0.3) is 10.9 Å². The zero-order valence-electron chi connectivity index (χ0n) is 11.6. The monoisotopic (exact) mass is 270 g/mol. The number of likely N-dealkylation sites (tertiary alicyclic amines) is 1. The van der Waals surface area contributed by atoms with Gasteiger partial charge in [-0.3, -0.25) is 9.78 Å². The molecule has 1 aromatic carbocycles. The molecule has 1 aliphatic rings. The number of fused-ring (bicyclic) bond motifs is 1. The van der Waals surface area contributed by atoms with Crippen LogP contribution >= 0.6 is 0 Å². The first-order valence-electron chi connectivity index (χ1n) is 7.01. The number of hydrogen-bond acceptors (Lipinski definition) is 3. The van der Waals surface area contributed by atoms with Gasteiger partial charge in [0.15, 0.2) is 0 Å². The number of hydrogen-bond donors (Lipinski definition) is 0. The van der Waals surface area contributed by atoms with E-state index < -0.39 is 0 Å². The van der Waals surface area contributed by atoms with Crippen molar-refractivity contribution < 1.29 is 9.53 Å². The first kappa shape index (κ1) is 12.9. The highest BCUT2D eigenvalue weighted by Crippen LogP contribution is 2.21. The molecule has 3 rings (SSSR count). The van der Waals surface area contributed by atoms with Crippen molar-refractivity contribution >= 4 is 16.8 Å². The average Bonchev–Trinajstić information content (AvgIpc) is 2.54. The predicted molar refractivity (Wildman–Crippen MR) is 78.0 cm³/mol. The highest BCUT2D eigenvalue weighted by molar-refractivity contribution is 5.97. The number of ether oxygens (including phenoxy) is 1. The van der Waals surface area contributed by atoms with E-state index >= 15 is 0 Å². The van der Waals surface area contributed by atoms with Gasteiger partial charge in [-0.05, 0) is 37.5 Å². The number of nitrogens with zero attached hydrogens (tertiary/aromatic N) is 2. The lowest BCUT2D eigenvalue weighted by atomic mass is 10.1. The molecule has 1 aromatic heterocycles. The Balaban J connectivity index is 1.90. The van der Waals surface area contributed by atoms with E-state index in [0.29, 0.717) is 5.56 Å². The third-order valence-corrected chi connectivity index (χ3v) is 3.78. The summed E-state index contributed by atoms with van der Waals surface area (Å²) in [4.78, 5) is 18.7. The summed E-state index contributed by atoms with van der Waals surface area (Å²) in [5, 5.41) is 0.966. The van der Waals surface area contributed by atoms with Crippen molar-refractivity contribution in [3.8, 4) is 5.75 Å². The van der Waals surface area contributed by atoms with Gasteiger partial charge in [-0.25, -0.2) is 0 Å². The highest BCUT2D eigenvalue weighted by Gasteiger charge is 2.18. The molecule has 2 heterocycles. The van der Waals surface area contributed by atoms with E-state index in [-0.39, 0.29) is 5.91 Å². The van der Waals surface area contributed by atoms with Crippen LogP contribution < -0.4 is 4.74 Å². The smallest absolute Gasteiger partial charge is 0.255 e. The maximum atomic E-state index is 12.4. The molecule has 1 amide bonds. The molecule has 0 bridgehead atoms. The third-order valence-electron chi connectivity index (χ3n) is 3.78. The van der Waals surface area contributed by atoms with Crippen LogP contribution in [-0.2, 0) is 0 Å². The summed E-state index contributed by atoms with van der Waals surface area (Å²) in [6.45, 7) is 1.72. The second-order valence-electron chi connectivity index (χ2n) is 5.14. The molecule has 1 aliphatic heterocycles. The van der Waals surface area contributed by atoms with E-state index in [2.05, 4.69) is 4.98 Å². The second kappa shape index (κ2) is 5.49. The third kappa shape index (κ3) is 2.46. The summed E-state index contributed by atoms with van der Waals surface area (Å²) in [5.41, 5.74) is 1.52. The molecule has 20 heavy (non-hydrogen) atoms. The Morgan fingerprint density at radius 1 is 1.20 bits per heavy atom. The van der Waals surface area contributed by atoms with E-state index in [4.69, 9.17) is 4.74 Å². The highest BCUT2D eigenvalue weighted by atomic mass is 16.5. The largest absolute Gasteiger partial charge is 0.497 e. The number of rotatable bonds is 2. The molecule has 0 spiro atoms. The molecule has 0 radical (unpaired) electrons. The SMILES string of the molecule is COc1ccc2cc(C(=O)N3CCCCC3)cnc2c1. The van der Waals surface area contributed by atoms with E-state index in [9.17, 15) is 4.79 Å². The van der Waals surface area contributed by atoms with Gasteiger partial charge < -0.3 is 9.64 Å². The van der Waals surface area contributed by atoms with Crippen LogP contribution in [-0.4, -0.2) is 36.0 Å². The molecule has 0 unspecified atom stereocenters. The van der Waals surface area contributed by atoms with Gasteiger partial charge in [0.25, 0.3) is 5.91 Å². The number of carbonyl (C=O) groups is 1. The molecule has 1 saturated heterocycles. The Labute approximate surface area is 118 Å². The summed E-state index contributed by atoms with van der Waals surface area (Å²) in [5.74, 6) is 0.870. The van der Waals surface area contributed by atoms with Crippen LogP contribution in [0.1, 0.15) is 29.6 Å². The lowest BCUT2D eigenvalue weighted by Gasteiger charge is -2.26. The number of amides is 1. The Morgan fingerprint density at radius 2 is 2.00 bits per heavy atom. The molecular formula is C16H18N2O2. The molecule has 104 valence electrons. The van der Waals surface area contributed by atoms with Gasteiger partial charge in [-0.1, -0.05) is 0 Å². The average molecular weight is 270 g/mol. The Hall–Kier alpha value is -2.10. The minimum Gasteiger partial charge on any atom is -0.497 e. The van der Waals surface area contributed by atoms with Crippen LogP contribution in [0.2, 0.25) is 0 Å². The quantitative estimate of drug-likeness (QED) is 0.842. The summed E-state index contributed by atoms with van der Waals surface area (Å²) < 4.78 is 5.18. The number of benzene rings is 1. The number of aromatic nitrogens is 1. The molecule has 0 saturated carbocycles. The van der Waals surface area contributed by atoms with Crippen LogP contribution in [0.15, 0.2) is 30.5 Å². The fourth-order valence-corrected chi connectivity index (χ4v) is 2.62. The zero-order valence-corrected chi connectivity index (χ0v) is 11.6. The van der Waals surface area contributed by atoms with Gasteiger partial charge in [0.2, 0.25) is 0 Å². The van der Waals surface area contributed by atoms with Gasteiger partial charge in [0, 0.05) is 30.7 Å². The molecule has 2 aromatic rings. The number of pyridine rings is 1. The normalized spacial score (nSPS) is 15.3. The first-order valence-corrected chi connectivity index (χ1v) is 7.01. The van der Waals surface area contributed by atoms with Crippen molar-refractivity contribution in [2.45, 2.75) is 19.3 Å². The van der Waals surface area contributed by atoms with Crippen molar-refractivity contribution in [3.63, 3.8) is 0 Å². The maximum Gasteiger partial charge on any atom is 0.255 e. The molecule has 1 fully saturated rings. The second-order valence-corrected chi connectivity index (χ2v) is 5.14. The summed E-state index contributed by atoms with van der Waals surface area (Å²) in [7, 11) is 1.63. The molecule has 0 N–H and O–H groups in total. The van der Waals surface area contributed by atoms with Gasteiger partial charge in [-0.2, -0.15) is 0 Å². The van der Waals surface area contributed by atoms with Crippen molar-refractivity contribution in [1.82, 2.24) is 9.88 Å². The summed E-state index contributed by atoms with van der Waals surface area (Å²) in [6.07, 6.45) is 5.09. The van der Waals surface area contributed by atoms with E-state index in [1.54, 1.807) is 13.3 Å². The van der Waals surface area contributed by atoms with Gasteiger partial charge in [0.05, 0.1) is 18.2 Å². The predicted octanol–water partition coefficient (Wildman–Crippen LogP) is 2.87. The van der Waals surface area contributed by atoms with Crippen LogP contribution in [0.3, 0.4) is 0 Å². The lowest BCUT2D eigenvalue weighted by Crippen LogP contribution is -2.35. The Morgan fingerprint density at radius 3 is 2.75 bits per heavy atom. The summed E-state index contributed by atoms with van der Waals surface area (Å²) >= 11 is 0. The van der Waals surface area contributed by atoms with E-state index in [1.165, 1.54) is 6.42 Å². The molecule has 0 atom stereocenters. The number of carbonyl (C=O) groups excluding carboxylic acids is 1. The lowest BCUT2D eigenvalue weighted by molar-refractivity contribution is 0.0724. The molecule has 0 aliphatic carbocycles. The van der Waals surface area contributed by atoms with Crippen molar-refractivity contribution in [2.24, 2.45) is 0 Å². The van der Waals surface area contributed by atoms with Crippen molar-refractivity contribution in [2.75, 3.05) is 20.2 Å².